The minimum atomic E-state index is -3.84. The zero-order chi connectivity index (χ0) is 27.0. The molecule has 2 aromatic rings. The highest BCUT2D eigenvalue weighted by Gasteiger charge is 2.27. The van der Waals surface area contributed by atoms with Crippen LogP contribution in [-0.2, 0) is 26.2 Å². The van der Waals surface area contributed by atoms with Crippen molar-refractivity contribution in [1.82, 2.24) is 10.2 Å². The van der Waals surface area contributed by atoms with Crippen molar-refractivity contribution in [2.24, 2.45) is 0 Å². The molecule has 0 aliphatic heterocycles. The number of nitrogens with zero attached hydrogens (tertiary/aromatic N) is 2. The lowest BCUT2D eigenvalue weighted by molar-refractivity contribution is -0.140. The normalized spacial score (nSPS) is 12.2. The first-order valence-electron chi connectivity index (χ1n) is 11.3. The molecule has 1 N–H and O–H groups in total. The van der Waals surface area contributed by atoms with Gasteiger partial charge in [0.25, 0.3) is 0 Å². The van der Waals surface area contributed by atoms with Gasteiger partial charge in [-0.25, -0.2) is 17.2 Å². The van der Waals surface area contributed by atoms with E-state index in [1.165, 1.54) is 11.0 Å². The Balaban J connectivity index is 2.20. The van der Waals surface area contributed by atoms with Gasteiger partial charge >= 0.3 is 0 Å². The molecule has 0 bridgehead atoms. The first kappa shape index (κ1) is 29.8. The average Bonchev–Trinajstić information content (AvgIpc) is 2.80. The predicted molar refractivity (Wildman–Crippen MR) is 138 cm³/mol. The number of rotatable bonds is 12. The Labute approximate surface area is 220 Å². The van der Waals surface area contributed by atoms with Crippen LogP contribution in [0.15, 0.2) is 36.4 Å². The molecule has 0 aliphatic rings. The maximum atomic E-state index is 13.7. The zero-order valence-corrected chi connectivity index (χ0v) is 22.6. The molecule has 0 heterocycles. The van der Waals surface area contributed by atoms with E-state index in [9.17, 15) is 26.8 Å². The lowest BCUT2D eigenvalue weighted by Crippen LogP contribution is -2.48. The van der Waals surface area contributed by atoms with E-state index in [0.717, 1.165) is 35.2 Å². The van der Waals surface area contributed by atoms with Crippen LogP contribution < -0.4 is 9.62 Å². The SMILES string of the molecule is CCCNC(=O)[C@@H](C)N(Cc1ccc(Cl)cc1Cl)C(=O)CCCN(c1ccc(F)c(F)c1)S(C)(=O)=O. The molecule has 0 saturated heterocycles. The van der Waals surface area contributed by atoms with Gasteiger partial charge < -0.3 is 10.2 Å². The Bertz CT molecular complexity index is 1200. The van der Waals surface area contributed by atoms with Crippen molar-refractivity contribution in [2.45, 2.75) is 45.7 Å². The number of amides is 2. The molecule has 0 spiro atoms. The van der Waals surface area contributed by atoms with Gasteiger partial charge in [-0.05, 0) is 49.6 Å². The highest BCUT2D eigenvalue weighted by Crippen LogP contribution is 2.24. The second-order valence-corrected chi connectivity index (χ2v) is 11.0. The molecule has 0 aliphatic carbocycles. The third-order valence-electron chi connectivity index (χ3n) is 5.42. The summed E-state index contributed by atoms with van der Waals surface area (Å²) < 4.78 is 52.5. The Morgan fingerprint density at radius 3 is 2.36 bits per heavy atom. The highest BCUT2D eigenvalue weighted by atomic mass is 35.5. The van der Waals surface area contributed by atoms with Crippen molar-refractivity contribution in [2.75, 3.05) is 23.7 Å². The van der Waals surface area contributed by atoms with Crippen molar-refractivity contribution in [3.8, 4) is 0 Å². The molecule has 0 fully saturated rings. The standard InChI is InChI=1S/C24H29Cl2F2N3O4S/c1-4-11-29-24(33)16(2)30(15-17-7-8-18(25)13-20(17)26)23(32)6-5-12-31(36(3,34)35)19-9-10-21(27)22(28)14-19/h7-10,13-14,16H,4-6,11-12,15H2,1-3H3,(H,29,33)/t16-/m1/s1. The van der Waals surface area contributed by atoms with E-state index >= 15 is 0 Å². The summed E-state index contributed by atoms with van der Waals surface area (Å²) in [5.41, 5.74) is 0.532. The molecule has 2 rings (SSSR count). The number of benzene rings is 2. The smallest absolute Gasteiger partial charge is 0.242 e. The van der Waals surface area contributed by atoms with Crippen LogP contribution in [-0.4, -0.2) is 50.5 Å². The van der Waals surface area contributed by atoms with Crippen LogP contribution in [0.3, 0.4) is 0 Å². The average molecular weight is 564 g/mol. The fourth-order valence-corrected chi connectivity index (χ4v) is 4.88. The molecule has 1 atom stereocenters. The van der Waals surface area contributed by atoms with E-state index in [1.54, 1.807) is 19.1 Å². The van der Waals surface area contributed by atoms with Gasteiger partial charge in [0.2, 0.25) is 21.8 Å². The second-order valence-electron chi connectivity index (χ2n) is 8.26. The molecule has 0 radical (unpaired) electrons. The quantitative estimate of drug-likeness (QED) is 0.403. The van der Waals surface area contributed by atoms with E-state index < -0.39 is 33.6 Å². The summed E-state index contributed by atoms with van der Waals surface area (Å²) in [6, 6.07) is 6.77. The van der Waals surface area contributed by atoms with E-state index in [4.69, 9.17) is 23.2 Å². The Morgan fingerprint density at radius 2 is 1.78 bits per heavy atom. The fourth-order valence-electron chi connectivity index (χ4n) is 3.46. The fraction of sp³-hybridized carbons (Fsp3) is 0.417. The molecular formula is C24H29Cl2F2N3O4S. The zero-order valence-electron chi connectivity index (χ0n) is 20.2. The highest BCUT2D eigenvalue weighted by molar-refractivity contribution is 7.92. The Hall–Kier alpha value is -2.43. The minimum absolute atomic E-state index is 0.0362. The molecule has 0 saturated carbocycles. The van der Waals surface area contributed by atoms with Gasteiger partial charge in [0, 0.05) is 42.2 Å². The maximum Gasteiger partial charge on any atom is 0.242 e. The summed E-state index contributed by atoms with van der Waals surface area (Å²) in [4.78, 5) is 27.2. The molecule has 198 valence electrons. The van der Waals surface area contributed by atoms with Gasteiger partial charge in [-0.1, -0.05) is 36.2 Å². The van der Waals surface area contributed by atoms with Crippen molar-refractivity contribution < 1.29 is 26.8 Å². The van der Waals surface area contributed by atoms with Crippen LogP contribution in [0.1, 0.15) is 38.7 Å². The number of halogens is 4. The van der Waals surface area contributed by atoms with Gasteiger partial charge in [-0.15, -0.1) is 0 Å². The molecule has 12 heteroatoms. The van der Waals surface area contributed by atoms with Crippen LogP contribution in [0.4, 0.5) is 14.5 Å². The van der Waals surface area contributed by atoms with Crippen LogP contribution in [0.2, 0.25) is 10.0 Å². The molecule has 2 aromatic carbocycles. The first-order valence-corrected chi connectivity index (χ1v) is 13.9. The van der Waals surface area contributed by atoms with Gasteiger partial charge in [0.1, 0.15) is 6.04 Å². The van der Waals surface area contributed by atoms with Crippen LogP contribution in [0, 0.1) is 11.6 Å². The topological polar surface area (TPSA) is 86.8 Å². The summed E-state index contributed by atoms with van der Waals surface area (Å²) in [6.07, 6.45) is 1.62. The number of carbonyl (C=O) groups is 2. The minimum Gasteiger partial charge on any atom is -0.354 e. The summed E-state index contributed by atoms with van der Waals surface area (Å²) in [5, 5.41) is 3.52. The molecule has 36 heavy (non-hydrogen) atoms. The van der Waals surface area contributed by atoms with Crippen molar-refractivity contribution in [3.63, 3.8) is 0 Å². The second kappa shape index (κ2) is 13.2. The first-order chi connectivity index (χ1) is 16.8. The summed E-state index contributed by atoms with van der Waals surface area (Å²) >= 11 is 12.2. The van der Waals surface area contributed by atoms with Crippen molar-refractivity contribution in [1.29, 1.82) is 0 Å². The van der Waals surface area contributed by atoms with E-state index in [1.807, 2.05) is 6.92 Å². The Morgan fingerprint density at radius 1 is 1.08 bits per heavy atom. The molecule has 2 amide bonds. The molecular weight excluding hydrogens is 535 g/mol. The van der Waals surface area contributed by atoms with Gasteiger partial charge in [0.15, 0.2) is 11.6 Å². The molecule has 0 unspecified atom stereocenters. The summed E-state index contributed by atoms with van der Waals surface area (Å²) in [5.74, 6) is -3.03. The van der Waals surface area contributed by atoms with Crippen LogP contribution >= 0.6 is 23.2 Å². The summed E-state index contributed by atoms with van der Waals surface area (Å²) in [7, 11) is -3.84. The van der Waals surface area contributed by atoms with Gasteiger partial charge in [0.05, 0.1) is 11.9 Å². The number of carbonyl (C=O) groups excluding carboxylic acids is 2. The van der Waals surface area contributed by atoms with Gasteiger partial charge in [-0.3, -0.25) is 13.9 Å². The maximum absolute atomic E-state index is 13.7. The van der Waals surface area contributed by atoms with E-state index in [0.29, 0.717) is 22.2 Å². The largest absolute Gasteiger partial charge is 0.354 e. The van der Waals surface area contributed by atoms with Gasteiger partial charge in [-0.2, -0.15) is 0 Å². The third kappa shape index (κ3) is 8.31. The van der Waals surface area contributed by atoms with E-state index in [2.05, 4.69) is 5.32 Å². The number of hydrogen-bond acceptors (Lipinski definition) is 4. The number of sulfonamides is 1. The number of nitrogens with one attached hydrogen (secondary N) is 1. The molecule has 7 nitrogen and oxygen atoms in total. The van der Waals surface area contributed by atoms with Crippen LogP contribution in [0.5, 0.6) is 0 Å². The van der Waals surface area contributed by atoms with Crippen molar-refractivity contribution in [3.05, 3.63) is 63.6 Å². The monoisotopic (exact) mass is 563 g/mol. The predicted octanol–water partition coefficient (Wildman–Crippen LogP) is 4.76. The summed E-state index contributed by atoms with van der Waals surface area (Å²) in [6.45, 7) is 3.83. The lowest BCUT2D eigenvalue weighted by atomic mass is 10.1. The number of hydrogen-bond donors (Lipinski definition) is 1. The van der Waals surface area contributed by atoms with Crippen LogP contribution in [0.25, 0.3) is 0 Å². The lowest BCUT2D eigenvalue weighted by Gasteiger charge is -2.29. The van der Waals surface area contributed by atoms with E-state index in [-0.39, 0.29) is 37.5 Å². The molecule has 0 aromatic heterocycles. The van der Waals surface area contributed by atoms with Crippen molar-refractivity contribution >= 4 is 50.7 Å². The Kier molecular flexibility index (Phi) is 10.9. The number of anilines is 1. The third-order valence-corrected chi connectivity index (χ3v) is 7.20.